The van der Waals surface area contributed by atoms with Gasteiger partial charge in [-0.25, -0.2) is 0 Å². The minimum atomic E-state index is 0.0151. The zero-order valence-corrected chi connectivity index (χ0v) is 14.0. The maximum atomic E-state index is 12.3. The highest BCUT2D eigenvalue weighted by Crippen LogP contribution is 2.37. The molecule has 1 aromatic carbocycles. The number of rotatable bonds is 6. The van der Waals surface area contributed by atoms with Gasteiger partial charge in [0.2, 0.25) is 0 Å². The van der Waals surface area contributed by atoms with Crippen LogP contribution >= 0.6 is 27.7 Å². The van der Waals surface area contributed by atoms with Crippen molar-refractivity contribution in [2.45, 2.75) is 23.8 Å². The fraction of sp³-hybridized carbons (Fsp3) is 0.312. The van der Waals surface area contributed by atoms with Crippen LogP contribution in [0.3, 0.4) is 0 Å². The molecule has 21 heavy (non-hydrogen) atoms. The number of hydrogen-bond donors (Lipinski definition) is 1. The minimum absolute atomic E-state index is 0.0151. The van der Waals surface area contributed by atoms with Gasteiger partial charge in [-0.2, -0.15) is 0 Å². The van der Waals surface area contributed by atoms with Gasteiger partial charge in [0.05, 0.1) is 0 Å². The average Bonchev–Trinajstić information content (AvgIpc) is 3.27. The molecule has 0 atom stereocenters. The number of carbonyl (C=O) groups is 1. The third-order valence-corrected chi connectivity index (χ3v) is 4.84. The Bertz CT molecular complexity index is 622. The van der Waals surface area contributed by atoms with Crippen LogP contribution in [0.5, 0.6) is 0 Å². The Kier molecular flexibility index (Phi) is 4.70. The fourth-order valence-corrected chi connectivity index (χ4v) is 3.45. The minimum Gasteiger partial charge on any atom is -0.350 e. The zero-order valence-electron chi connectivity index (χ0n) is 11.6. The molecule has 0 spiro atoms. The highest BCUT2D eigenvalue weighted by Gasteiger charge is 2.27. The fourth-order valence-electron chi connectivity index (χ4n) is 2.22. The maximum Gasteiger partial charge on any atom is 0.267 e. The van der Waals surface area contributed by atoms with Crippen LogP contribution in [0.15, 0.2) is 52.0 Å². The lowest BCUT2D eigenvalue weighted by Gasteiger charge is -2.08. The molecule has 1 saturated carbocycles. The number of aromatic nitrogens is 1. The summed E-state index contributed by atoms with van der Waals surface area (Å²) in [6.07, 6.45) is 4.35. The van der Waals surface area contributed by atoms with Crippen molar-refractivity contribution >= 4 is 33.6 Å². The van der Waals surface area contributed by atoms with E-state index in [1.54, 1.807) is 11.8 Å². The lowest BCUT2D eigenvalue weighted by atomic mass is 10.4. The predicted octanol–water partition coefficient (Wildman–Crippen LogP) is 4.11. The summed E-state index contributed by atoms with van der Waals surface area (Å²) >= 11 is 5.21. The van der Waals surface area contributed by atoms with E-state index in [2.05, 4.69) is 37.9 Å². The lowest BCUT2D eigenvalue weighted by molar-refractivity contribution is 0.0946. The monoisotopic (exact) mass is 364 g/mol. The van der Waals surface area contributed by atoms with Crippen LogP contribution < -0.4 is 5.32 Å². The highest BCUT2D eigenvalue weighted by atomic mass is 79.9. The van der Waals surface area contributed by atoms with E-state index >= 15 is 0 Å². The highest BCUT2D eigenvalue weighted by molar-refractivity contribution is 9.10. The smallest absolute Gasteiger partial charge is 0.267 e. The van der Waals surface area contributed by atoms with Crippen LogP contribution in [0.25, 0.3) is 0 Å². The summed E-state index contributed by atoms with van der Waals surface area (Å²) in [5.41, 5.74) is 0.758. The number of benzene rings is 1. The van der Waals surface area contributed by atoms with Crippen molar-refractivity contribution in [1.29, 1.82) is 0 Å². The van der Waals surface area contributed by atoms with Gasteiger partial charge < -0.3 is 9.88 Å². The molecule has 1 N–H and O–H groups in total. The van der Waals surface area contributed by atoms with Crippen LogP contribution in [-0.4, -0.2) is 22.8 Å². The summed E-state index contributed by atoms with van der Waals surface area (Å²) < 4.78 is 3.06. The number of thioether (sulfide) groups is 1. The van der Waals surface area contributed by atoms with Crippen molar-refractivity contribution in [1.82, 2.24) is 9.88 Å². The van der Waals surface area contributed by atoms with Crippen molar-refractivity contribution in [3.63, 3.8) is 0 Å². The van der Waals surface area contributed by atoms with Crippen LogP contribution in [0.2, 0.25) is 0 Å². The van der Waals surface area contributed by atoms with Gasteiger partial charge in [0.25, 0.3) is 5.91 Å². The first kappa shape index (κ1) is 14.7. The van der Waals surface area contributed by atoms with E-state index in [-0.39, 0.29) is 5.91 Å². The van der Waals surface area contributed by atoms with E-state index in [1.165, 1.54) is 17.7 Å². The lowest BCUT2D eigenvalue weighted by Crippen LogP contribution is -2.27. The topological polar surface area (TPSA) is 34.0 Å². The molecule has 0 unspecified atom stereocenters. The molecule has 0 saturated heterocycles. The molecule has 0 bridgehead atoms. The van der Waals surface area contributed by atoms with Crippen LogP contribution in [0, 0.1) is 0 Å². The molecule has 1 amide bonds. The van der Waals surface area contributed by atoms with Gasteiger partial charge in [-0.15, -0.1) is 11.8 Å². The normalized spacial score (nSPS) is 14.1. The van der Waals surface area contributed by atoms with Crippen LogP contribution in [0.1, 0.15) is 29.4 Å². The molecule has 0 aliphatic heterocycles. The summed E-state index contributed by atoms with van der Waals surface area (Å²) in [5, 5.41) is 3.00. The van der Waals surface area contributed by atoms with Crippen molar-refractivity contribution in [2.24, 2.45) is 0 Å². The SMILES string of the molecule is O=C(NCCSc1ccccc1)c1cc(Br)cn1C1CC1. The Balaban J connectivity index is 1.50. The summed E-state index contributed by atoms with van der Waals surface area (Å²) in [7, 11) is 0. The van der Waals surface area contributed by atoms with E-state index in [0.717, 1.165) is 15.9 Å². The van der Waals surface area contributed by atoms with Crippen molar-refractivity contribution < 1.29 is 4.79 Å². The molecule has 110 valence electrons. The van der Waals surface area contributed by atoms with Crippen LogP contribution in [-0.2, 0) is 0 Å². The summed E-state index contributed by atoms with van der Waals surface area (Å²) in [4.78, 5) is 13.5. The molecular formula is C16H17BrN2OS. The van der Waals surface area contributed by atoms with Gasteiger partial charge in [0, 0.05) is 33.9 Å². The molecule has 1 aliphatic rings. The van der Waals surface area contributed by atoms with E-state index in [1.807, 2.05) is 30.5 Å². The van der Waals surface area contributed by atoms with Gasteiger partial charge >= 0.3 is 0 Å². The Labute approximate surface area is 137 Å². The van der Waals surface area contributed by atoms with Crippen LogP contribution in [0.4, 0.5) is 0 Å². The number of nitrogens with zero attached hydrogens (tertiary/aromatic N) is 1. The molecule has 1 aliphatic carbocycles. The van der Waals surface area contributed by atoms with Gasteiger partial charge in [-0.1, -0.05) is 18.2 Å². The van der Waals surface area contributed by atoms with Crippen molar-refractivity contribution in [2.75, 3.05) is 12.3 Å². The zero-order chi connectivity index (χ0) is 14.7. The first-order valence-corrected chi connectivity index (χ1v) is 8.85. The van der Waals surface area contributed by atoms with E-state index in [0.29, 0.717) is 12.6 Å². The molecule has 2 aromatic rings. The van der Waals surface area contributed by atoms with Gasteiger partial charge in [0.1, 0.15) is 5.69 Å². The first-order valence-electron chi connectivity index (χ1n) is 7.07. The number of carbonyl (C=O) groups excluding carboxylic acids is 1. The molecule has 3 rings (SSSR count). The number of amides is 1. The quantitative estimate of drug-likeness (QED) is 0.618. The second-order valence-electron chi connectivity index (χ2n) is 5.10. The van der Waals surface area contributed by atoms with Crippen molar-refractivity contribution in [3.8, 4) is 0 Å². The molecule has 3 nitrogen and oxygen atoms in total. The Morgan fingerprint density at radius 1 is 1.33 bits per heavy atom. The maximum absolute atomic E-state index is 12.3. The third-order valence-electron chi connectivity index (χ3n) is 3.39. The molecule has 0 radical (unpaired) electrons. The second-order valence-corrected chi connectivity index (χ2v) is 7.18. The molecular weight excluding hydrogens is 348 g/mol. The van der Waals surface area contributed by atoms with Gasteiger partial charge in [0.15, 0.2) is 0 Å². The Morgan fingerprint density at radius 3 is 2.81 bits per heavy atom. The summed E-state index contributed by atoms with van der Waals surface area (Å²) in [5.74, 6) is 0.891. The molecule has 1 aromatic heterocycles. The average molecular weight is 365 g/mol. The standard InChI is InChI=1S/C16H17BrN2OS/c17-12-10-15(19(11-12)13-6-7-13)16(20)18-8-9-21-14-4-2-1-3-5-14/h1-5,10-11,13H,6-9H2,(H,18,20). The van der Waals surface area contributed by atoms with Gasteiger partial charge in [-0.3, -0.25) is 4.79 Å². The van der Waals surface area contributed by atoms with E-state index in [4.69, 9.17) is 0 Å². The number of hydrogen-bond acceptors (Lipinski definition) is 2. The molecule has 1 heterocycles. The first-order chi connectivity index (χ1) is 10.2. The largest absolute Gasteiger partial charge is 0.350 e. The molecule has 5 heteroatoms. The van der Waals surface area contributed by atoms with Crippen molar-refractivity contribution in [3.05, 3.63) is 52.8 Å². The van der Waals surface area contributed by atoms with E-state index < -0.39 is 0 Å². The second kappa shape index (κ2) is 6.71. The van der Waals surface area contributed by atoms with Gasteiger partial charge in [-0.05, 0) is 47.0 Å². The number of nitrogens with one attached hydrogen (secondary N) is 1. The summed E-state index contributed by atoms with van der Waals surface area (Å²) in [6.45, 7) is 0.672. The molecule has 1 fully saturated rings. The number of halogens is 1. The predicted molar refractivity (Wildman–Crippen MR) is 89.9 cm³/mol. The Morgan fingerprint density at radius 2 is 2.10 bits per heavy atom. The third kappa shape index (κ3) is 3.92. The summed E-state index contributed by atoms with van der Waals surface area (Å²) in [6, 6.07) is 12.6. The Hall–Kier alpha value is -1.20. The van der Waals surface area contributed by atoms with E-state index in [9.17, 15) is 4.79 Å².